The van der Waals surface area contributed by atoms with E-state index in [1.54, 1.807) is 6.92 Å². The fourth-order valence-electron chi connectivity index (χ4n) is 0.733. The highest BCUT2D eigenvalue weighted by Gasteiger charge is 2.07. The number of nitrogens with one attached hydrogen (secondary N) is 1. The predicted octanol–water partition coefficient (Wildman–Crippen LogP) is 0.603. The van der Waals surface area contributed by atoms with Gasteiger partial charge in [-0.25, -0.2) is 0 Å². The Kier molecular flexibility index (Phi) is 4.50. The third-order valence-electron chi connectivity index (χ3n) is 1.23. The second-order valence-electron chi connectivity index (χ2n) is 2.56. The molecule has 1 aromatic rings. The molecule has 1 aromatic heterocycles. The van der Waals surface area contributed by atoms with E-state index < -0.39 is 5.97 Å². The number of aryl methyl sites for hydroxylation is 1. The second-order valence-corrected chi connectivity index (χ2v) is 4.73. The van der Waals surface area contributed by atoms with Crippen molar-refractivity contribution in [2.75, 3.05) is 16.8 Å². The fourth-order valence-corrected chi connectivity index (χ4v) is 1.88. The standard InChI is InChI=1S/C7H9N3O3S2/c1-4-9-10-7(15-4)8-5(11)2-14-3-6(12)13/h2-3H2,1H3,(H,12,13)(H,8,10,11). The monoisotopic (exact) mass is 247 g/mol. The summed E-state index contributed by atoms with van der Waals surface area (Å²) in [5.74, 6) is -1.18. The van der Waals surface area contributed by atoms with Gasteiger partial charge in [-0.05, 0) is 6.92 Å². The third kappa shape index (κ3) is 4.75. The molecule has 8 heteroatoms. The van der Waals surface area contributed by atoms with Crippen LogP contribution in [0.1, 0.15) is 5.01 Å². The summed E-state index contributed by atoms with van der Waals surface area (Å²) in [4.78, 5) is 21.4. The molecule has 0 aliphatic rings. The number of hydrogen-bond donors (Lipinski definition) is 2. The van der Waals surface area contributed by atoms with Crippen molar-refractivity contribution in [2.24, 2.45) is 0 Å². The first-order valence-corrected chi connectivity index (χ1v) is 5.94. The van der Waals surface area contributed by atoms with Crippen LogP contribution in [-0.4, -0.2) is 38.7 Å². The van der Waals surface area contributed by atoms with Crippen LogP contribution >= 0.6 is 23.1 Å². The first-order chi connectivity index (χ1) is 7.08. The Morgan fingerprint density at radius 3 is 2.73 bits per heavy atom. The molecule has 0 saturated heterocycles. The van der Waals surface area contributed by atoms with Crippen molar-refractivity contribution in [1.29, 1.82) is 0 Å². The average Bonchev–Trinajstić information content (AvgIpc) is 2.50. The van der Waals surface area contributed by atoms with Gasteiger partial charge in [-0.3, -0.25) is 14.9 Å². The van der Waals surface area contributed by atoms with E-state index in [0.29, 0.717) is 5.13 Å². The summed E-state index contributed by atoms with van der Waals surface area (Å²) < 4.78 is 0. The number of amides is 1. The maximum atomic E-state index is 11.2. The van der Waals surface area contributed by atoms with E-state index in [4.69, 9.17) is 5.11 Å². The Labute approximate surface area is 94.1 Å². The maximum absolute atomic E-state index is 11.2. The minimum absolute atomic E-state index is 0.0808. The summed E-state index contributed by atoms with van der Waals surface area (Å²) in [6.45, 7) is 1.78. The number of anilines is 1. The van der Waals surface area contributed by atoms with Gasteiger partial charge in [-0.1, -0.05) is 11.3 Å². The molecule has 0 bridgehead atoms. The number of thioether (sulfide) groups is 1. The van der Waals surface area contributed by atoms with Crippen molar-refractivity contribution < 1.29 is 14.7 Å². The van der Waals surface area contributed by atoms with Crippen molar-refractivity contribution in [3.05, 3.63) is 5.01 Å². The molecule has 6 nitrogen and oxygen atoms in total. The molecule has 2 N–H and O–H groups in total. The molecule has 0 aliphatic carbocycles. The van der Waals surface area contributed by atoms with Crippen LogP contribution in [0.5, 0.6) is 0 Å². The number of carboxylic acid groups (broad SMARTS) is 1. The molecule has 0 atom stereocenters. The molecule has 0 aromatic carbocycles. The topological polar surface area (TPSA) is 92.2 Å². The molecule has 1 heterocycles. The molecule has 0 saturated carbocycles. The summed E-state index contributed by atoms with van der Waals surface area (Å²) in [7, 11) is 0. The van der Waals surface area contributed by atoms with Crippen LogP contribution in [0.25, 0.3) is 0 Å². The van der Waals surface area contributed by atoms with E-state index >= 15 is 0 Å². The number of carboxylic acids is 1. The van der Waals surface area contributed by atoms with Crippen LogP contribution in [0.4, 0.5) is 5.13 Å². The number of carbonyl (C=O) groups excluding carboxylic acids is 1. The van der Waals surface area contributed by atoms with E-state index in [0.717, 1.165) is 16.8 Å². The van der Waals surface area contributed by atoms with Gasteiger partial charge in [0, 0.05) is 0 Å². The average molecular weight is 247 g/mol. The Morgan fingerprint density at radius 2 is 2.20 bits per heavy atom. The van der Waals surface area contributed by atoms with Gasteiger partial charge < -0.3 is 5.11 Å². The molecule has 82 valence electrons. The SMILES string of the molecule is Cc1nnc(NC(=O)CSCC(=O)O)s1. The first-order valence-electron chi connectivity index (χ1n) is 3.97. The molecular weight excluding hydrogens is 238 g/mol. The predicted molar refractivity (Wildman–Crippen MR) is 58.2 cm³/mol. The summed E-state index contributed by atoms with van der Waals surface area (Å²) in [6, 6.07) is 0. The molecule has 0 radical (unpaired) electrons. The molecule has 0 unspecified atom stereocenters. The van der Waals surface area contributed by atoms with Gasteiger partial charge in [-0.15, -0.1) is 22.0 Å². The van der Waals surface area contributed by atoms with Crippen LogP contribution in [0.3, 0.4) is 0 Å². The molecule has 0 fully saturated rings. The fraction of sp³-hybridized carbons (Fsp3) is 0.429. The van der Waals surface area contributed by atoms with E-state index in [1.807, 2.05) is 0 Å². The zero-order valence-electron chi connectivity index (χ0n) is 7.89. The lowest BCUT2D eigenvalue weighted by molar-refractivity contribution is -0.133. The number of nitrogens with zero attached hydrogens (tertiary/aromatic N) is 2. The van der Waals surface area contributed by atoms with Crippen molar-refractivity contribution in [3.8, 4) is 0 Å². The van der Waals surface area contributed by atoms with Crippen molar-refractivity contribution >= 4 is 40.1 Å². The number of carbonyl (C=O) groups is 2. The lowest BCUT2D eigenvalue weighted by Crippen LogP contribution is -2.15. The maximum Gasteiger partial charge on any atom is 0.313 e. The largest absolute Gasteiger partial charge is 0.481 e. The third-order valence-corrected chi connectivity index (χ3v) is 2.90. The van der Waals surface area contributed by atoms with Crippen LogP contribution in [0.2, 0.25) is 0 Å². The lowest BCUT2D eigenvalue weighted by Gasteiger charge is -1.98. The van der Waals surface area contributed by atoms with E-state index in [-0.39, 0.29) is 17.4 Å². The summed E-state index contributed by atoms with van der Waals surface area (Å²) in [5, 5.41) is 19.5. The van der Waals surface area contributed by atoms with Gasteiger partial charge in [0.2, 0.25) is 11.0 Å². The Morgan fingerprint density at radius 1 is 1.47 bits per heavy atom. The molecular formula is C7H9N3O3S2. The highest BCUT2D eigenvalue weighted by atomic mass is 32.2. The first kappa shape index (κ1) is 11.9. The van der Waals surface area contributed by atoms with Crippen molar-refractivity contribution in [3.63, 3.8) is 0 Å². The highest BCUT2D eigenvalue weighted by Crippen LogP contribution is 2.13. The lowest BCUT2D eigenvalue weighted by atomic mass is 10.7. The quantitative estimate of drug-likeness (QED) is 0.791. The Hall–Kier alpha value is -1.15. The zero-order chi connectivity index (χ0) is 11.3. The van der Waals surface area contributed by atoms with E-state index in [1.165, 1.54) is 11.3 Å². The molecule has 1 rings (SSSR count). The molecule has 15 heavy (non-hydrogen) atoms. The normalized spacial score (nSPS) is 9.93. The molecule has 1 amide bonds. The highest BCUT2D eigenvalue weighted by molar-refractivity contribution is 8.00. The number of aromatic nitrogens is 2. The smallest absolute Gasteiger partial charge is 0.313 e. The van der Waals surface area contributed by atoms with Gasteiger partial charge in [0.05, 0.1) is 11.5 Å². The summed E-state index contributed by atoms with van der Waals surface area (Å²) in [5.41, 5.74) is 0. The zero-order valence-corrected chi connectivity index (χ0v) is 9.52. The minimum Gasteiger partial charge on any atom is -0.481 e. The second kappa shape index (κ2) is 5.66. The number of hydrogen-bond acceptors (Lipinski definition) is 6. The van der Waals surface area contributed by atoms with Gasteiger partial charge in [0.1, 0.15) is 5.01 Å². The van der Waals surface area contributed by atoms with Gasteiger partial charge in [0.15, 0.2) is 0 Å². The number of aliphatic carboxylic acids is 1. The van der Waals surface area contributed by atoms with E-state index in [2.05, 4.69) is 15.5 Å². The summed E-state index contributed by atoms with van der Waals surface area (Å²) in [6.07, 6.45) is 0. The van der Waals surface area contributed by atoms with Crippen LogP contribution in [0.15, 0.2) is 0 Å². The van der Waals surface area contributed by atoms with Crippen LogP contribution in [0, 0.1) is 6.92 Å². The van der Waals surface area contributed by atoms with Crippen LogP contribution in [-0.2, 0) is 9.59 Å². The van der Waals surface area contributed by atoms with E-state index in [9.17, 15) is 9.59 Å². The van der Waals surface area contributed by atoms with Crippen LogP contribution < -0.4 is 5.32 Å². The minimum atomic E-state index is -0.931. The molecule has 0 aliphatic heterocycles. The van der Waals surface area contributed by atoms with Gasteiger partial charge in [-0.2, -0.15) is 0 Å². The van der Waals surface area contributed by atoms with Crippen molar-refractivity contribution in [1.82, 2.24) is 10.2 Å². The van der Waals surface area contributed by atoms with Gasteiger partial charge in [0.25, 0.3) is 0 Å². The molecule has 0 spiro atoms. The van der Waals surface area contributed by atoms with Gasteiger partial charge >= 0.3 is 5.97 Å². The Balaban J connectivity index is 2.27. The Bertz CT molecular complexity index is 366. The van der Waals surface area contributed by atoms with Crippen molar-refractivity contribution in [2.45, 2.75) is 6.92 Å². The summed E-state index contributed by atoms with van der Waals surface area (Å²) >= 11 is 2.32. The number of rotatable bonds is 5.